The van der Waals surface area contributed by atoms with E-state index in [9.17, 15) is 15.8 Å². The lowest BCUT2D eigenvalue weighted by molar-refractivity contribution is 1.17. The van der Waals surface area contributed by atoms with Gasteiger partial charge >= 0.3 is 0 Å². The minimum atomic E-state index is -2.86. The van der Waals surface area contributed by atoms with Crippen molar-refractivity contribution in [2.45, 2.75) is 0 Å². The van der Waals surface area contributed by atoms with Gasteiger partial charge in [-0.1, -0.05) is 133 Å². The smallest absolute Gasteiger partial charge is 0.179 e. The third-order valence-electron chi connectivity index (χ3n) is 9.61. The van der Waals surface area contributed by atoms with E-state index in [1.165, 1.54) is 20.7 Å². The molecule has 0 aliphatic carbocycles. The molecular formula is C45H28N4Si. The number of benzene rings is 7. The molecule has 0 fully saturated rings. The fourth-order valence-electron chi connectivity index (χ4n) is 7.51. The van der Waals surface area contributed by atoms with Gasteiger partial charge in [0.15, 0.2) is 8.07 Å². The zero-order chi connectivity index (χ0) is 34.1. The molecule has 0 spiro atoms. The van der Waals surface area contributed by atoms with Gasteiger partial charge in [-0.25, -0.2) is 0 Å². The number of hydrogen-bond acceptors (Lipinski definition) is 3. The minimum Gasteiger partial charge on any atom is -0.307 e. The highest BCUT2D eigenvalue weighted by molar-refractivity contribution is 7.19. The van der Waals surface area contributed by atoms with Crippen molar-refractivity contribution in [1.29, 1.82) is 15.8 Å². The number of aromatic nitrogens is 1. The molecule has 0 bridgehead atoms. The fraction of sp³-hybridized carbons (Fsp3) is 0. The van der Waals surface area contributed by atoms with Crippen LogP contribution in [0.15, 0.2) is 170 Å². The molecule has 7 aromatic carbocycles. The monoisotopic (exact) mass is 652 g/mol. The number of nitriles is 3. The lowest BCUT2D eigenvalue weighted by atomic mass is 9.97. The summed E-state index contributed by atoms with van der Waals surface area (Å²) in [5.74, 6) is 0. The number of rotatable bonds is 6. The predicted octanol–water partition coefficient (Wildman–Crippen LogP) is 7.44. The number of nitrogens with zero attached hydrogens (tertiary/aromatic N) is 4. The van der Waals surface area contributed by atoms with Gasteiger partial charge in [0.1, 0.15) is 6.07 Å². The van der Waals surface area contributed by atoms with Gasteiger partial charge in [-0.3, -0.25) is 0 Å². The van der Waals surface area contributed by atoms with Gasteiger partial charge in [0, 0.05) is 16.3 Å². The number of hydrogen-bond donors (Lipinski definition) is 0. The third kappa shape index (κ3) is 4.80. The Bertz CT molecular complexity index is 2580. The quantitative estimate of drug-likeness (QED) is 0.138. The van der Waals surface area contributed by atoms with Crippen molar-refractivity contribution in [3.05, 3.63) is 187 Å². The van der Waals surface area contributed by atoms with E-state index in [1.54, 1.807) is 6.07 Å². The molecule has 0 radical (unpaired) electrons. The van der Waals surface area contributed by atoms with Gasteiger partial charge in [-0.2, -0.15) is 15.8 Å². The van der Waals surface area contributed by atoms with Crippen LogP contribution in [0.4, 0.5) is 0 Å². The van der Waals surface area contributed by atoms with Crippen molar-refractivity contribution in [2.75, 3.05) is 0 Å². The van der Waals surface area contributed by atoms with Gasteiger partial charge < -0.3 is 4.57 Å². The van der Waals surface area contributed by atoms with Crippen LogP contribution in [0.25, 0.3) is 38.6 Å². The first kappa shape index (κ1) is 30.4. The summed E-state index contributed by atoms with van der Waals surface area (Å²) in [6.07, 6.45) is 0. The molecule has 0 aliphatic heterocycles. The van der Waals surface area contributed by atoms with Crippen molar-refractivity contribution < 1.29 is 0 Å². The highest BCUT2D eigenvalue weighted by Crippen LogP contribution is 2.38. The summed E-state index contributed by atoms with van der Waals surface area (Å²) in [6.45, 7) is 0. The van der Waals surface area contributed by atoms with Gasteiger partial charge in [-0.15, -0.1) is 0 Å². The Morgan fingerprint density at radius 1 is 0.420 bits per heavy atom. The van der Waals surface area contributed by atoms with Gasteiger partial charge in [0.25, 0.3) is 0 Å². The summed E-state index contributed by atoms with van der Waals surface area (Å²) >= 11 is 0. The molecule has 1 heterocycles. The summed E-state index contributed by atoms with van der Waals surface area (Å²) < 4.78 is 2.11. The molecule has 0 atom stereocenters. The van der Waals surface area contributed by atoms with Crippen LogP contribution in [0, 0.1) is 34.0 Å². The molecule has 0 aliphatic rings. The van der Waals surface area contributed by atoms with E-state index in [1.807, 2.05) is 48.5 Å². The molecule has 0 saturated heterocycles. The first-order chi connectivity index (χ1) is 24.7. The molecule has 0 amide bonds. The highest BCUT2D eigenvalue weighted by Gasteiger charge is 2.41. The van der Waals surface area contributed by atoms with Crippen LogP contribution in [-0.4, -0.2) is 12.6 Å². The standard InChI is InChI=1S/C45H28N4Si/c46-29-32-23-24-44-42(26-32)40-21-10-11-22-43(40)49(44)45-35(31-48)25-33(30-47)27-41(45)34-13-12-20-39(28-34)50(36-14-4-1-5-15-36,37-16-6-2-7-17-37)38-18-8-3-9-19-38/h1-28H. The summed E-state index contributed by atoms with van der Waals surface area (Å²) in [7, 11) is -2.86. The molecule has 0 N–H and O–H groups in total. The van der Waals surface area contributed by atoms with Gasteiger partial charge in [-0.05, 0) is 62.7 Å². The molecule has 1 aromatic heterocycles. The number of fused-ring (bicyclic) bond motifs is 3. The maximum absolute atomic E-state index is 10.7. The van der Waals surface area contributed by atoms with Crippen LogP contribution in [0.5, 0.6) is 0 Å². The minimum absolute atomic E-state index is 0.397. The van der Waals surface area contributed by atoms with Crippen LogP contribution in [0.3, 0.4) is 0 Å². The van der Waals surface area contributed by atoms with Gasteiger partial charge in [0.2, 0.25) is 0 Å². The van der Waals surface area contributed by atoms with E-state index in [-0.39, 0.29) is 0 Å². The maximum Gasteiger partial charge on any atom is 0.179 e. The highest BCUT2D eigenvalue weighted by atomic mass is 28.3. The molecular weight excluding hydrogens is 625 g/mol. The maximum atomic E-state index is 10.7. The Labute approximate surface area is 291 Å². The van der Waals surface area contributed by atoms with Crippen molar-refractivity contribution in [2.24, 2.45) is 0 Å². The lowest BCUT2D eigenvalue weighted by Gasteiger charge is -2.34. The van der Waals surface area contributed by atoms with E-state index in [0.717, 1.165) is 32.9 Å². The first-order valence-electron chi connectivity index (χ1n) is 16.4. The Morgan fingerprint density at radius 3 is 1.58 bits per heavy atom. The SMILES string of the molecule is N#Cc1cc(C#N)c(-n2c3ccccc3c3cc(C#N)ccc32)c(-c2cccc([Si](c3ccccc3)(c3ccccc3)c3ccccc3)c2)c1. The van der Waals surface area contributed by atoms with Crippen LogP contribution in [0.1, 0.15) is 16.7 Å². The largest absolute Gasteiger partial charge is 0.307 e. The van der Waals surface area contributed by atoms with Crippen molar-refractivity contribution >= 4 is 50.6 Å². The zero-order valence-corrected chi connectivity index (χ0v) is 28.0. The third-order valence-corrected chi connectivity index (χ3v) is 14.4. The molecule has 5 heteroatoms. The van der Waals surface area contributed by atoms with E-state index in [2.05, 4.69) is 138 Å². The first-order valence-corrected chi connectivity index (χ1v) is 18.4. The van der Waals surface area contributed by atoms with Crippen molar-refractivity contribution in [3.63, 3.8) is 0 Å². The Kier molecular flexibility index (Phi) is 7.63. The van der Waals surface area contributed by atoms with E-state index >= 15 is 0 Å². The Morgan fingerprint density at radius 2 is 0.980 bits per heavy atom. The number of para-hydroxylation sites is 1. The second-order valence-corrected chi connectivity index (χ2v) is 16.1. The van der Waals surface area contributed by atoms with E-state index in [0.29, 0.717) is 22.4 Å². The van der Waals surface area contributed by atoms with E-state index in [4.69, 9.17) is 0 Å². The van der Waals surface area contributed by atoms with Crippen LogP contribution < -0.4 is 20.7 Å². The lowest BCUT2D eigenvalue weighted by Crippen LogP contribution is -2.74. The average molecular weight is 653 g/mol. The van der Waals surface area contributed by atoms with Crippen LogP contribution >= 0.6 is 0 Å². The Balaban J connectivity index is 1.48. The Hall–Kier alpha value is -6.97. The second-order valence-electron chi connectivity index (χ2n) is 12.3. The molecule has 50 heavy (non-hydrogen) atoms. The van der Waals surface area contributed by atoms with Crippen LogP contribution in [0.2, 0.25) is 0 Å². The molecule has 8 aromatic rings. The summed E-state index contributed by atoms with van der Waals surface area (Å²) in [5, 5.41) is 37.5. The molecule has 8 rings (SSSR count). The van der Waals surface area contributed by atoms with Gasteiger partial charge in [0.05, 0.1) is 45.5 Å². The van der Waals surface area contributed by atoms with Crippen molar-refractivity contribution in [1.82, 2.24) is 4.57 Å². The molecule has 4 nitrogen and oxygen atoms in total. The molecule has 0 saturated carbocycles. The van der Waals surface area contributed by atoms with Crippen molar-refractivity contribution in [3.8, 4) is 35.0 Å². The summed E-state index contributed by atoms with van der Waals surface area (Å²) in [6, 6.07) is 65.3. The molecule has 232 valence electrons. The second kappa shape index (κ2) is 12.6. The fourth-order valence-corrected chi connectivity index (χ4v) is 12.3. The molecule has 0 unspecified atom stereocenters. The van der Waals surface area contributed by atoms with E-state index < -0.39 is 8.07 Å². The van der Waals surface area contributed by atoms with Crippen LogP contribution in [-0.2, 0) is 0 Å². The zero-order valence-electron chi connectivity index (χ0n) is 27.0. The summed E-state index contributed by atoms with van der Waals surface area (Å²) in [4.78, 5) is 0. The summed E-state index contributed by atoms with van der Waals surface area (Å²) in [5.41, 5.74) is 5.56. The normalized spacial score (nSPS) is 11.1. The topological polar surface area (TPSA) is 76.3 Å². The average Bonchev–Trinajstić information content (AvgIpc) is 3.52. The predicted molar refractivity (Wildman–Crippen MR) is 204 cm³/mol.